The largest absolute Gasteiger partial charge is 0.453 e. The Morgan fingerprint density at radius 1 is 1.35 bits per heavy atom. The summed E-state index contributed by atoms with van der Waals surface area (Å²) >= 11 is 3.23. The smallest absolute Gasteiger partial charge is 0.355 e. The minimum atomic E-state index is -3.02. The molecule has 26 heavy (non-hydrogen) atoms. The molecule has 1 aliphatic rings. The number of aryl methyl sites for hydroxylation is 1. The van der Waals surface area contributed by atoms with Gasteiger partial charge < -0.3 is 14.3 Å². The second kappa shape index (κ2) is 7.03. The minimum Gasteiger partial charge on any atom is -0.453 e. The van der Waals surface area contributed by atoms with Crippen molar-refractivity contribution in [2.24, 2.45) is 0 Å². The van der Waals surface area contributed by atoms with Crippen LogP contribution in [-0.2, 0) is 14.6 Å². The molecule has 1 saturated heterocycles. The van der Waals surface area contributed by atoms with Crippen LogP contribution in [0.2, 0.25) is 0 Å². The fraction of sp³-hybridized carbons (Fsp3) is 0.412. The van der Waals surface area contributed by atoms with E-state index in [1.54, 1.807) is 25.3 Å². The zero-order valence-corrected chi connectivity index (χ0v) is 16.8. The Morgan fingerprint density at radius 2 is 2.08 bits per heavy atom. The summed E-state index contributed by atoms with van der Waals surface area (Å²) in [6, 6.07) is 3.14. The van der Waals surface area contributed by atoms with Gasteiger partial charge in [0.25, 0.3) is 0 Å². The highest BCUT2D eigenvalue weighted by Gasteiger charge is 2.31. The van der Waals surface area contributed by atoms with Crippen molar-refractivity contribution in [2.45, 2.75) is 26.3 Å². The van der Waals surface area contributed by atoms with Crippen molar-refractivity contribution >= 4 is 37.5 Å². The molecule has 2 aromatic heterocycles. The molecule has 0 bridgehead atoms. The molecule has 0 aromatic carbocycles. The summed E-state index contributed by atoms with van der Waals surface area (Å²) in [7, 11) is -3.02. The molecule has 7 nitrogen and oxygen atoms in total. The van der Waals surface area contributed by atoms with Gasteiger partial charge in [-0.2, -0.15) is 0 Å². The highest BCUT2D eigenvalue weighted by atomic mass is 79.9. The van der Waals surface area contributed by atoms with Gasteiger partial charge in [0.15, 0.2) is 16.4 Å². The lowest BCUT2D eigenvalue weighted by molar-refractivity contribution is 0.0469. The van der Waals surface area contributed by atoms with Crippen molar-refractivity contribution in [2.75, 3.05) is 18.1 Å². The maximum atomic E-state index is 12.5. The Balaban J connectivity index is 1.72. The van der Waals surface area contributed by atoms with Gasteiger partial charge in [-0.15, -0.1) is 0 Å². The summed E-state index contributed by atoms with van der Waals surface area (Å²) in [5, 5.41) is 0. The third-order valence-corrected chi connectivity index (χ3v) is 6.77. The van der Waals surface area contributed by atoms with E-state index < -0.39 is 15.8 Å². The molecule has 2 aromatic rings. The van der Waals surface area contributed by atoms with Crippen molar-refractivity contribution in [3.8, 4) is 0 Å². The van der Waals surface area contributed by atoms with Gasteiger partial charge in [0.2, 0.25) is 5.78 Å². The van der Waals surface area contributed by atoms with Crippen molar-refractivity contribution < 1.29 is 22.7 Å². The fourth-order valence-corrected chi connectivity index (χ4v) is 5.42. The molecule has 1 fully saturated rings. The Bertz CT molecular complexity index is 973. The summed E-state index contributed by atoms with van der Waals surface area (Å²) in [5.41, 5.74) is 2.24. The molecule has 1 aliphatic heterocycles. The number of esters is 1. The molecule has 0 spiro atoms. The number of Topliss-reactive ketones (excluding diaryl/α,β-unsaturated/α-hetero) is 1. The molecule has 9 heteroatoms. The van der Waals surface area contributed by atoms with Gasteiger partial charge in [-0.25, -0.2) is 13.2 Å². The standard InChI is InChI=1S/C17H19BrN2O5S/c1-10-5-14(11(2)20(10)13-3-4-26(23,24)9-13)16(21)8-25-17(22)15-6-12(18)7-19-15/h5-7,13,19H,3-4,8-9H2,1-2H3. The number of nitrogens with zero attached hydrogens (tertiary/aromatic N) is 1. The zero-order chi connectivity index (χ0) is 19.1. The second-order valence-electron chi connectivity index (χ2n) is 6.44. The summed E-state index contributed by atoms with van der Waals surface area (Å²) in [6.07, 6.45) is 2.14. The molecular weight excluding hydrogens is 424 g/mol. The predicted molar refractivity (Wildman–Crippen MR) is 99.3 cm³/mol. The normalized spacial score (nSPS) is 18.8. The number of rotatable bonds is 5. The topological polar surface area (TPSA) is 98.2 Å². The lowest BCUT2D eigenvalue weighted by atomic mass is 10.1. The highest BCUT2D eigenvalue weighted by molar-refractivity contribution is 9.10. The number of nitrogens with one attached hydrogen (secondary N) is 1. The van der Waals surface area contributed by atoms with Gasteiger partial charge in [0.1, 0.15) is 5.69 Å². The first-order chi connectivity index (χ1) is 12.2. The molecule has 3 heterocycles. The van der Waals surface area contributed by atoms with E-state index in [-0.39, 0.29) is 35.6 Å². The summed E-state index contributed by atoms with van der Waals surface area (Å²) < 4.78 is 31.2. The first-order valence-corrected chi connectivity index (χ1v) is 10.7. The van der Waals surface area contributed by atoms with Crippen LogP contribution in [0.15, 0.2) is 22.8 Å². The number of carbonyl (C=O) groups is 2. The number of hydrogen-bond donors (Lipinski definition) is 1. The average molecular weight is 443 g/mol. The quantitative estimate of drug-likeness (QED) is 0.566. The lowest BCUT2D eigenvalue weighted by Gasteiger charge is -2.16. The van der Waals surface area contributed by atoms with Crippen molar-refractivity contribution in [1.82, 2.24) is 9.55 Å². The Labute approximate surface area is 159 Å². The number of ketones is 1. The molecule has 1 N–H and O–H groups in total. The highest BCUT2D eigenvalue weighted by Crippen LogP contribution is 2.29. The van der Waals surface area contributed by atoms with Crippen molar-refractivity contribution in [3.05, 3.63) is 45.4 Å². The molecule has 0 radical (unpaired) electrons. The van der Waals surface area contributed by atoms with Crippen LogP contribution in [0.1, 0.15) is 44.7 Å². The van der Waals surface area contributed by atoms with E-state index in [1.807, 2.05) is 11.5 Å². The fourth-order valence-electron chi connectivity index (χ4n) is 3.37. The monoisotopic (exact) mass is 442 g/mol. The Kier molecular flexibility index (Phi) is 5.12. The zero-order valence-electron chi connectivity index (χ0n) is 14.4. The SMILES string of the molecule is Cc1cc(C(=O)COC(=O)c2cc(Br)c[nH]2)c(C)n1C1CCS(=O)(=O)C1. The minimum absolute atomic E-state index is 0.0910. The van der Waals surface area contributed by atoms with E-state index in [9.17, 15) is 18.0 Å². The van der Waals surface area contributed by atoms with E-state index in [0.717, 1.165) is 5.69 Å². The predicted octanol–water partition coefficient (Wildman–Crippen LogP) is 2.59. The number of carbonyl (C=O) groups excluding carboxylic acids is 2. The molecule has 1 atom stereocenters. The third kappa shape index (κ3) is 3.78. The van der Waals surface area contributed by atoms with E-state index in [4.69, 9.17) is 4.74 Å². The number of H-pyrrole nitrogens is 1. The van der Waals surface area contributed by atoms with E-state index in [2.05, 4.69) is 20.9 Å². The van der Waals surface area contributed by atoms with Crippen LogP contribution in [-0.4, -0.2) is 47.8 Å². The number of hydrogen-bond acceptors (Lipinski definition) is 5. The first kappa shape index (κ1) is 18.9. The van der Waals surface area contributed by atoms with Gasteiger partial charge in [0.05, 0.1) is 11.5 Å². The number of aromatic amines is 1. The number of sulfone groups is 1. The van der Waals surface area contributed by atoms with Gasteiger partial charge in [-0.05, 0) is 48.3 Å². The molecule has 140 valence electrons. The molecule has 3 rings (SSSR count). The maximum absolute atomic E-state index is 12.5. The van der Waals surface area contributed by atoms with Crippen LogP contribution in [0.4, 0.5) is 0 Å². The average Bonchev–Trinajstić information content (AvgIpc) is 3.22. The maximum Gasteiger partial charge on any atom is 0.355 e. The number of halogens is 1. The van der Waals surface area contributed by atoms with Gasteiger partial charge >= 0.3 is 5.97 Å². The van der Waals surface area contributed by atoms with Crippen molar-refractivity contribution in [3.63, 3.8) is 0 Å². The van der Waals surface area contributed by atoms with Crippen LogP contribution in [0.5, 0.6) is 0 Å². The van der Waals surface area contributed by atoms with Crippen LogP contribution in [0, 0.1) is 13.8 Å². The van der Waals surface area contributed by atoms with E-state index >= 15 is 0 Å². The Hall–Kier alpha value is -1.87. The number of aromatic nitrogens is 2. The summed E-state index contributed by atoms with van der Waals surface area (Å²) in [5.74, 6) is -0.668. The Morgan fingerprint density at radius 3 is 2.65 bits per heavy atom. The molecule has 1 unspecified atom stereocenters. The number of ether oxygens (including phenoxy) is 1. The molecular formula is C17H19BrN2O5S. The van der Waals surface area contributed by atoms with Crippen molar-refractivity contribution in [1.29, 1.82) is 0 Å². The third-order valence-electron chi connectivity index (χ3n) is 4.56. The van der Waals surface area contributed by atoms with Gasteiger partial charge in [-0.1, -0.05) is 0 Å². The molecule has 0 aliphatic carbocycles. The van der Waals surface area contributed by atoms with Crippen LogP contribution >= 0.6 is 15.9 Å². The van der Waals surface area contributed by atoms with Crippen LogP contribution < -0.4 is 0 Å². The summed E-state index contributed by atoms with van der Waals surface area (Å²) in [6.45, 7) is 3.26. The second-order valence-corrected chi connectivity index (χ2v) is 9.59. The van der Waals surface area contributed by atoms with E-state index in [0.29, 0.717) is 22.2 Å². The van der Waals surface area contributed by atoms with E-state index in [1.165, 1.54) is 0 Å². The van der Waals surface area contributed by atoms with Crippen LogP contribution in [0.25, 0.3) is 0 Å². The molecule has 0 saturated carbocycles. The lowest BCUT2D eigenvalue weighted by Crippen LogP contribution is -2.17. The van der Waals surface area contributed by atoms with Gasteiger partial charge in [0, 0.05) is 33.7 Å². The van der Waals surface area contributed by atoms with Crippen LogP contribution in [0.3, 0.4) is 0 Å². The van der Waals surface area contributed by atoms with Gasteiger partial charge in [-0.3, -0.25) is 4.79 Å². The first-order valence-electron chi connectivity index (χ1n) is 8.11. The summed E-state index contributed by atoms with van der Waals surface area (Å²) in [4.78, 5) is 27.2. The molecule has 0 amide bonds.